The van der Waals surface area contributed by atoms with Crippen molar-refractivity contribution in [2.75, 3.05) is 33.4 Å². The van der Waals surface area contributed by atoms with Crippen molar-refractivity contribution < 1.29 is 4.74 Å². The van der Waals surface area contributed by atoms with Crippen LogP contribution in [0.3, 0.4) is 0 Å². The molecule has 0 radical (unpaired) electrons. The van der Waals surface area contributed by atoms with E-state index in [1.807, 2.05) is 0 Å². The number of methoxy groups -OCH3 is 1. The third-order valence-electron chi connectivity index (χ3n) is 3.99. The minimum atomic E-state index is 0.701. The van der Waals surface area contributed by atoms with Gasteiger partial charge in [-0.05, 0) is 31.7 Å². The fourth-order valence-electron chi connectivity index (χ4n) is 2.92. The highest BCUT2D eigenvalue weighted by Crippen LogP contribution is 2.17. The molecule has 1 N–H and O–H groups in total. The summed E-state index contributed by atoms with van der Waals surface area (Å²) in [6.07, 6.45) is 5.03. The summed E-state index contributed by atoms with van der Waals surface area (Å²) in [4.78, 5) is 2.71. The van der Waals surface area contributed by atoms with E-state index in [4.69, 9.17) is 4.74 Å². The molecule has 0 aliphatic carbocycles. The summed E-state index contributed by atoms with van der Waals surface area (Å²) in [6.45, 7) is 11.5. The van der Waals surface area contributed by atoms with Crippen LogP contribution < -0.4 is 5.32 Å². The molecule has 1 rings (SSSR count). The van der Waals surface area contributed by atoms with Crippen molar-refractivity contribution in [2.45, 2.75) is 58.5 Å². The van der Waals surface area contributed by atoms with Gasteiger partial charge in [0.15, 0.2) is 0 Å². The summed E-state index contributed by atoms with van der Waals surface area (Å²) in [5.74, 6) is 0.738. The smallest absolute Gasteiger partial charge is 0.0462 e. The minimum absolute atomic E-state index is 0.701. The molecule has 1 aliphatic rings. The van der Waals surface area contributed by atoms with Crippen molar-refractivity contribution in [3.8, 4) is 0 Å². The second-order valence-electron chi connectivity index (χ2n) is 5.90. The molecule has 0 amide bonds. The van der Waals surface area contributed by atoms with Crippen LogP contribution in [0.2, 0.25) is 0 Å². The Morgan fingerprint density at radius 3 is 2.72 bits per heavy atom. The Balaban J connectivity index is 2.39. The van der Waals surface area contributed by atoms with Gasteiger partial charge in [0.1, 0.15) is 0 Å². The number of nitrogens with one attached hydrogen (secondary N) is 1. The van der Waals surface area contributed by atoms with Gasteiger partial charge in [0, 0.05) is 38.9 Å². The van der Waals surface area contributed by atoms with Gasteiger partial charge >= 0.3 is 0 Å². The standard InChI is InChI=1S/C15H32N2O/c1-5-8-14-12-17(9-6-7-10-18-4)15(11-16-14)13(2)3/h13-16H,5-12H2,1-4H3. The summed E-state index contributed by atoms with van der Waals surface area (Å²) in [5, 5.41) is 3.72. The molecular weight excluding hydrogens is 224 g/mol. The van der Waals surface area contributed by atoms with E-state index in [9.17, 15) is 0 Å². The third kappa shape index (κ3) is 5.25. The van der Waals surface area contributed by atoms with E-state index in [1.165, 1.54) is 38.8 Å². The van der Waals surface area contributed by atoms with Gasteiger partial charge in [0.2, 0.25) is 0 Å². The first kappa shape index (κ1) is 15.9. The van der Waals surface area contributed by atoms with Gasteiger partial charge < -0.3 is 10.1 Å². The van der Waals surface area contributed by atoms with E-state index in [2.05, 4.69) is 31.0 Å². The molecule has 2 unspecified atom stereocenters. The highest BCUT2D eigenvalue weighted by Gasteiger charge is 2.28. The zero-order valence-electron chi connectivity index (χ0n) is 12.7. The van der Waals surface area contributed by atoms with Crippen LogP contribution in [-0.2, 0) is 4.74 Å². The fourth-order valence-corrected chi connectivity index (χ4v) is 2.92. The number of hydrogen-bond donors (Lipinski definition) is 1. The molecule has 1 aliphatic heterocycles. The predicted molar refractivity (Wildman–Crippen MR) is 78.0 cm³/mol. The van der Waals surface area contributed by atoms with E-state index >= 15 is 0 Å². The number of nitrogens with zero attached hydrogens (tertiary/aromatic N) is 1. The monoisotopic (exact) mass is 256 g/mol. The number of piperazine rings is 1. The lowest BCUT2D eigenvalue weighted by atomic mass is 9.96. The lowest BCUT2D eigenvalue weighted by Gasteiger charge is -2.42. The largest absolute Gasteiger partial charge is 0.385 e. The Hall–Kier alpha value is -0.120. The van der Waals surface area contributed by atoms with Gasteiger partial charge in [-0.25, -0.2) is 0 Å². The van der Waals surface area contributed by atoms with Crippen LogP contribution in [0.4, 0.5) is 0 Å². The normalized spacial score (nSPS) is 25.8. The van der Waals surface area contributed by atoms with Crippen LogP contribution >= 0.6 is 0 Å². The Morgan fingerprint density at radius 2 is 2.11 bits per heavy atom. The first-order valence-corrected chi connectivity index (χ1v) is 7.65. The topological polar surface area (TPSA) is 24.5 Å². The minimum Gasteiger partial charge on any atom is -0.385 e. The van der Waals surface area contributed by atoms with Gasteiger partial charge in [-0.3, -0.25) is 4.90 Å². The summed E-state index contributed by atoms with van der Waals surface area (Å²) < 4.78 is 5.13. The second kappa shape index (κ2) is 8.89. The molecule has 0 saturated carbocycles. The summed E-state index contributed by atoms with van der Waals surface area (Å²) in [7, 11) is 1.79. The van der Waals surface area contributed by atoms with E-state index < -0.39 is 0 Å². The molecule has 1 heterocycles. The molecular formula is C15H32N2O. The molecule has 0 aromatic rings. The van der Waals surface area contributed by atoms with Gasteiger partial charge in [0.25, 0.3) is 0 Å². The lowest BCUT2D eigenvalue weighted by Crippen LogP contribution is -2.58. The maximum Gasteiger partial charge on any atom is 0.0462 e. The Bertz CT molecular complexity index is 209. The molecule has 3 nitrogen and oxygen atoms in total. The van der Waals surface area contributed by atoms with Crippen LogP contribution in [0.15, 0.2) is 0 Å². The SMILES string of the molecule is CCCC1CN(CCCCOC)C(C(C)C)CN1. The van der Waals surface area contributed by atoms with Crippen molar-refractivity contribution >= 4 is 0 Å². The number of ether oxygens (including phenoxy) is 1. The molecule has 0 spiro atoms. The Morgan fingerprint density at radius 1 is 1.33 bits per heavy atom. The molecule has 18 heavy (non-hydrogen) atoms. The van der Waals surface area contributed by atoms with Crippen molar-refractivity contribution in [3.63, 3.8) is 0 Å². The lowest BCUT2D eigenvalue weighted by molar-refractivity contribution is 0.0902. The first-order chi connectivity index (χ1) is 8.69. The van der Waals surface area contributed by atoms with E-state index in [-0.39, 0.29) is 0 Å². The molecule has 0 aromatic heterocycles. The maximum atomic E-state index is 5.13. The number of unbranched alkanes of at least 4 members (excludes halogenated alkanes) is 1. The van der Waals surface area contributed by atoms with Crippen molar-refractivity contribution in [2.24, 2.45) is 5.92 Å². The van der Waals surface area contributed by atoms with Crippen LogP contribution in [0.1, 0.15) is 46.5 Å². The predicted octanol–water partition coefficient (Wildman–Crippen LogP) is 2.51. The van der Waals surface area contributed by atoms with Gasteiger partial charge in [-0.1, -0.05) is 27.2 Å². The Kier molecular flexibility index (Phi) is 7.87. The quantitative estimate of drug-likeness (QED) is 0.675. The molecule has 2 atom stereocenters. The highest BCUT2D eigenvalue weighted by molar-refractivity contribution is 4.87. The second-order valence-corrected chi connectivity index (χ2v) is 5.90. The molecule has 0 aromatic carbocycles. The van der Waals surface area contributed by atoms with Crippen LogP contribution in [0.25, 0.3) is 0 Å². The van der Waals surface area contributed by atoms with Crippen molar-refractivity contribution in [1.29, 1.82) is 0 Å². The molecule has 1 saturated heterocycles. The molecule has 108 valence electrons. The van der Waals surface area contributed by atoms with Crippen molar-refractivity contribution in [1.82, 2.24) is 10.2 Å². The van der Waals surface area contributed by atoms with Gasteiger partial charge in [0.05, 0.1) is 0 Å². The number of rotatable bonds is 8. The molecule has 1 fully saturated rings. The van der Waals surface area contributed by atoms with Gasteiger partial charge in [-0.2, -0.15) is 0 Å². The van der Waals surface area contributed by atoms with Crippen molar-refractivity contribution in [3.05, 3.63) is 0 Å². The van der Waals surface area contributed by atoms with Crippen LogP contribution in [0.5, 0.6) is 0 Å². The van der Waals surface area contributed by atoms with E-state index in [0.29, 0.717) is 12.1 Å². The number of hydrogen-bond acceptors (Lipinski definition) is 3. The van der Waals surface area contributed by atoms with Gasteiger partial charge in [-0.15, -0.1) is 0 Å². The van der Waals surface area contributed by atoms with Crippen LogP contribution in [0, 0.1) is 5.92 Å². The molecule has 3 heteroatoms. The highest BCUT2D eigenvalue weighted by atomic mass is 16.5. The first-order valence-electron chi connectivity index (χ1n) is 7.65. The average Bonchev–Trinajstić information content (AvgIpc) is 2.35. The summed E-state index contributed by atoms with van der Waals surface area (Å²) in [5.41, 5.74) is 0. The fraction of sp³-hybridized carbons (Fsp3) is 1.00. The summed E-state index contributed by atoms with van der Waals surface area (Å²) >= 11 is 0. The zero-order valence-corrected chi connectivity index (χ0v) is 12.7. The summed E-state index contributed by atoms with van der Waals surface area (Å²) in [6, 6.07) is 1.41. The van der Waals surface area contributed by atoms with Crippen LogP contribution in [-0.4, -0.2) is 50.3 Å². The average molecular weight is 256 g/mol. The Labute approximate surface area is 113 Å². The maximum absolute atomic E-state index is 5.13. The zero-order chi connectivity index (χ0) is 13.4. The van der Waals surface area contributed by atoms with E-state index in [0.717, 1.165) is 19.1 Å². The molecule has 0 bridgehead atoms. The third-order valence-corrected chi connectivity index (χ3v) is 3.99. The van der Waals surface area contributed by atoms with E-state index in [1.54, 1.807) is 7.11 Å².